The molecule has 3 nitrogen and oxygen atoms in total. The Bertz CT molecular complexity index is 414. The second-order valence-electron chi connectivity index (χ2n) is 5.88. The maximum atomic E-state index is 5.86. The molecule has 0 N–H and O–H groups in total. The molecule has 0 amide bonds. The summed E-state index contributed by atoms with van der Waals surface area (Å²) >= 11 is 0. The predicted octanol–water partition coefficient (Wildman–Crippen LogP) is 4.25. The van der Waals surface area contributed by atoms with E-state index in [1.807, 2.05) is 0 Å². The average Bonchev–Trinajstić information content (AvgIpc) is 3.01. The molecule has 0 aliphatic carbocycles. The van der Waals surface area contributed by atoms with Gasteiger partial charge in [-0.25, -0.2) is 0 Å². The van der Waals surface area contributed by atoms with Gasteiger partial charge in [0, 0.05) is 6.54 Å². The van der Waals surface area contributed by atoms with E-state index in [9.17, 15) is 0 Å². The van der Waals surface area contributed by atoms with Crippen LogP contribution in [0.1, 0.15) is 51.0 Å². The van der Waals surface area contributed by atoms with Crippen molar-refractivity contribution in [2.45, 2.75) is 52.0 Å². The maximum Gasteiger partial charge on any atom is 0.161 e. The molecular weight excluding hydrogens is 262 g/mol. The van der Waals surface area contributed by atoms with E-state index in [1.54, 1.807) is 7.11 Å². The van der Waals surface area contributed by atoms with Gasteiger partial charge in [0.1, 0.15) is 0 Å². The van der Waals surface area contributed by atoms with Crippen LogP contribution < -0.4 is 9.47 Å². The third-order valence-corrected chi connectivity index (χ3v) is 4.09. The number of benzene rings is 1. The van der Waals surface area contributed by atoms with Crippen molar-refractivity contribution in [3.8, 4) is 11.5 Å². The van der Waals surface area contributed by atoms with Gasteiger partial charge in [-0.2, -0.15) is 0 Å². The molecule has 0 unspecified atom stereocenters. The van der Waals surface area contributed by atoms with Gasteiger partial charge in [0.15, 0.2) is 11.5 Å². The fraction of sp³-hybridized carbons (Fsp3) is 0.667. The Morgan fingerprint density at radius 1 is 1.05 bits per heavy atom. The Labute approximate surface area is 129 Å². The highest BCUT2D eigenvalue weighted by Crippen LogP contribution is 2.29. The Morgan fingerprint density at radius 3 is 2.57 bits per heavy atom. The van der Waals surface area contributed by atoms with Crippen molar-refractivity contribution >= 4 is 0 Å². The standard InChI is InChI=1S/C18H29NO2/c1-3-4-5-8-13-21-17-10-9-16(14-18(17)20-2)15-19-11-6-7-12-19/h9-10,14H,3-8,11-13,15H2,1-2H3. The fourth-order valence-corrected chi connectivity index (χ4v) is 2.84. The lowest BCUT2D eigenvalue weighted by atomic mass is 10.2. The van der Waals surface area contributed by atoms with Gasteiger partial charge in [0.25, 0.3) is 0 Å². The largest absolute Gasteiger partial charge is 0.493 e. The third-order valence-electron chi connectivity index (χ3n) is 4.09. The monoisotopic (exact) mass is 291 g/mol. The van der Waals surface area contributed by atoms with Crippen molar-refractivity contribution in [1.29, 1.82) is 0 Å². The number of likely N-dealkylation sites (tertiary alicyclic amines) is 1. The highest BCUT2D eigenvalue weighted by molar-refractivity contribution is 5.43. The highest BCUT2D eigenvalue weighted by Gasteiger charge is 2.13. The van der Waals surface area contributed by atoms with Crippen molar-refractivity contribution in [3.63, 3.8) is 0 Å². The molecule has 1 aromatic carbocycles. The second kappa shape index (κ2) is 8.93. The molecule has 0 bridgehead atoms. The van der Waals surface area contributed by atoms with E-state index < -0.39 is 0 Å². The number of ether oxygens (including phenoxy) is 2. The van der Waals surface area contributed by atoms with Crippen LogP contribution in [0.25, 0.3) is 0 Å². The molecule has 1 saturated heterocycles. The quantitative estimate of drug-likeness (QED) is 0.635. The van der Waals surface area contributed by atoms with E-state index in [1.165, 1.54) is 50.8 Å². The van der Waals surface area contributed by atoms with Crippen LogP contribution in [0.15, 0.2) is 18.2 Å². The number of rotatable bonds is 9. The summed E-state index contributed by atoms with van der Waals surface area (Å²) in [7, 11) is 1.72. The molecule has 1 heterocycles. The van der Waals surface area contributed by atoms with Gasteiger partial charge >= 0.3 is 0 Å². The van der Waals surface area contributed by atoms with E-state index in [-0.39, 0.29) is 0 Å². The molecular formula is C18H29NO2. The topological polar surface area (TPSA) is 21.7 Å². The number of hydrogen-bond acceptors (Lipinski definition) is 3. The minimum atomic E-state index is 0.780. The zero-order chi connectivity index (χ0) is 14.9. The van der Waals surface area contributed by atoms with E-state index in [0.29, 0.717) is 0 Å². The fourth-order valence-electron chi connectivity index (χ4n) is 2.84. The molecule has 2 rings (SSSR count). The van der Waals surface area contributed by atoms with Crippen molar-refractivity contribution in [3.05, 3.63) is 23.8 Å². The number of nitrogens with zero attached hydrogens (tertiary/aromatic N) is 1. The lowest BCUT2D eigenvalue weighted by molar-refractivity contribution is 0.284. The van der Waals surface area contributed by atoms with Crippen molar-refractivity contribution in [2.24, 2.45) is 0 Å². The summed E-state index contributed by atoms with van der Waals surface area (Å²) in [6.07, 6.45) is 7.56. The molecule has 0 radical (unpaired) electrons. The Hall–Kier alpha value is -1.22. The molecule has 1 aromatic rings. The Kier molecular flexibility index (Phi) is 6.87. The highest BCUT2D eigenvalue weighted by atomic mass is 16.5. The summed E-state index contributed by atoms with van der Waals surface area (Å²) in [5.74, 6) is 1.74. The van der Waals surface area contributed by atoms with Crippen molar-refractivity contribution in [2.75, 3.05) is 26.8 Å². The van der Waals surface area contributed by atoms with Gasteiger partial charge in [-0.3, -0.25) is 4.90 Å². The molecule has 3 heteroatoms. The van der Waals surface area contributed by atoms with Gasteiger partial charge in [-0.15, -0.1) is 0 Å². The van der Waals surface area contributed by atoms with Crippen LogP contribution in [0.3, 0.4) is 0 Å². The van der Waals surface area contributed by atoms with Crippen molar-refractivity contribution in [1.82, 2.24) is 4.90 Å². The molecule has 0 saturated carbocycles. The molecule has 1 fully saturated rings. The van der Waals surface area contributed by atoms with E-state index in [0.717, 1.165) is 31.1 Å². The van der Waals surface area contributed by atoms with Gasteiger partial charge in [-0.1, -0.05) is 32.3 Å². The molecule has 0 atom stereocenters. The van der Waals surface area contributed by atoms with E-state index in [4.69, 9.17) is 9.47 Å². The van der Waals surface area contributed by atoms with Crippen LogP contribution in [0.4, 0.5) is 0 Å². The van der Waals surface area contributed by atoms with Gasteiger partial charge in [-0.05, 0) is 50.0 Å². The maximum absolute atomic E-state index is 5.86. The summed E-state index contributed by atoms with van der Waals surface area (Å²) in [6.45, 7) is 6.47. The minimum Gasteiger partial charge on any atom is -0.493 e. The summed E-state index contributed by atoms with van der Waals surface area (Å²) in [5.41, 5.74) is 1.31. The van der Waals surface area contributed by atoms with E-state index in [2.05, 4.69) is 30.0 Å². The number of hydrogen-bond donors (Lipinski definition) is 0. The van der Waals surface area contributed by atoms with Crippen LogP contribution in [0.5, 0.6) is 11.5 Å². The minimum absolute atomic E-state index is 0.780. The smallest absolute Gasteiger partial charge is 0.161 e. The zero-order valence-corrected chi connectivity index (χ0v) is 13.6. The van der Waals surface area contributed by atoms with Crippen LogP contribution in [0, 0.1) is 0 Å². The normalized spacial score (nSPS) is 15.3. The lowest BCUT2D eigenvalue weighted by Gasteiger charge is -2.16. The van der Waals surface area contributed by atoms with Crippen molar-refractivity contribution < 1.29 is 9.47 Å². The number of unbranched alkanes of at least 4 members (excludes halogenated alkanes) is 3. The van der Waals surface area contributed by atoms with Crippen LogP contribution in [-0.2, 0) is 6.54 Å². The van der Waals surface area contributed by atoms with Crippen LogP contribution in [0.2, 0.25) is 0 Å². The molecule has 118 valence electrons. The van der Waals surface area contributed by atoms with Gasteiger partial charge in [0.2, 0.25) is 0 Å². The predicted molar refractivity (Wildman–Crippen MR) is 87.1 cm³/mol. The first-order chi connectivity index (χ1) is 10.3. The second-order valence-corrected chi connectivity index (χ2v) is 5.88. The summed E-state index contributed by atoms with van der Waals surface area (Å²) in [5, 5.41) is 0. The van der Waals surface area contributed by atoms with Crippen LogP contribution in [-0.4, -0.2) is 31.7 Å². The molecule has 0 spiro atoms. The molecule has 1 aliphatic heterocycles. The zero-order valence-electron chi connectivity index (χ0n) is 13.6. The SMILES string of the molecule is CCCCCCOc1ccc(CN2CCCC2)cc1OC. The molecule has 1 aliphatic rings. The average molecular weight is 291 g/mol. The van der Waals surface area contributed by atoms with Gasteiger partial charge < -0.3 is 9.47 Å². The molecule has 0 aromatic heterocycles. The molecule has 21 heavy (non-hydrogen) atoms. The summed E-state index contributed by atoms with van der Waals surface area (Å²) in [6, 6.07) is 6.35. The first-order valence-electron chi connectivity index (χ1n) is 8.35. The summed E-state index contributed by atoms with van der Waals surface area (Å²) in [4.78, 5) is 2.50. The Morgan fingerprint density at radius 2 is 1.86 bits per heavy atom. The number of methoxy groups -OCH3 is 1. The van der Waals surface area contributed by atoms with Gasteiger partial charge in [0.05, 0.1) is 13.7 Å². The Balaban J connectivity index is 1.86. The first kappa shape index (κ1) is 16.2. The van der Waals surface area contributed by atoms with E-state index >= 15 is 0 Å². The van der Waals surface area contributed by atoms with Crippen LogP contribution >= 0.6 is 0 Å². The lowest BCUT2D eigenvalue weighted by Crippen LogP contribution is -2.18. The summed E-state index contributed by atoms with van der Waals surface area (Å²) < 4.78 is 11.3. The first-order valence-corrected chi connectivity index (χ1v) is 8.35. The third kappa shape index (κ3) is 5.24.